The van der Waals surface area contributed by atoms with Gasteiger partial charge < -0.3 is 14.8 Å². The molecule has 0 saturated carbocycles. The second kappa shape index (κ2) is 11.4. The van der Waals surface area contributed by atoms with E-state index in [-0.39, 0.29) is 0 Å². The largest absolute Gasteiger partial charge is 0.493 e. The summed E-state index contributed by atoms with van der Waals surface area (Å²) >= 11 is 0. The van der Waals surface area contributed by atoms with Gasteiger partial charge in [-0.3, -0.25) is 0 Å². The summed E-state index contributed by atoms with van der Waals surface area (Å²) in [6, 6.07) is 6.12. The van der Waals surface area contributed by atoms with Crippen LogP contribution in [0.3, 0.4) is 0 Å². The Labute approximate surface area is 136 Å². The molecule has 0 aromatic heterocycles. The Kier molecular flexibility index (Phi) is 9.72. The van der Waals surface area contributed by atoms with E-state index in [1.807, 2.05) is 12.1 Å². The van der Waals surface area contributed by atoms with Crippen LogP contribution in [-0.4, -0.2) is 20.3 Å². The molecule has 0 aliphatic heterocycles. The minimum Gasteiger partial charge on any atom is -0.493 e. The molecule has 1 rings (SSSR count). The number of rotatable bonds is 12. The molecule has 0 fully saturated rings. The molecule has 22 heavy (non-hydrogen) atoms. The summed E-state index contributed by atoms with van der Waals surface area (Å²) in [6.07, 6.45) is 6.21. The van der Waals surface area contributed by atoms with Crippen LogP contribution in [0.25, 0.3) is 0 Å². The third-order valence-electron chi connectivity index (χ3n) is 3.74. The van der Waals surface area contributed by atoms with Gasteiger partial charge in [-0.1, -0.05) is 52.2 Å². The molecule has 0 atom stereocenters. The van der Waals surface area contributed by atoms with Crippen molar-refractivity contribution < 1.29 is 9.47 Å². The molecule has 0 heterocycles. The Hall–Kier alpha value is -1.22. The lowest BCUT2D eigenvalue weighted by Crippen LogP contribution is -2.16. The molecule has 0 saturated heterocycles. The molecule has 126 valence electrons. The molecular weight excluding hydrogens is 274 g/mol. The maximum absolute atomic E-state index is 6.00. The van der Waals surface area contributed by atoms with Gasteiger partial charge in [0.05, 0.1) is 13.7 Å². The quantitative estimate of drug-likeness (QED) is 0.563. The summed E-state index contributed by atoms with van der Waals surface area (Å²) in [5.74, 6) is 2.37. The third kappa shape index (κ3) is 7.17. The fourth-order valence-electron chi connectivity index (χ4n) is 2.32. The van der Waals surface area contributed by atoms with Crippen LogP contribution in [0.1, 0.15) is 58.4 Å². The Bertz CT molecular complexity index is 404. The smallest absolute Gasteiger partial charge is 0.165 e. The van der Waals surface area contributed by atoms with Crippen molar-refractivity contribution in [1.29, 1.82) is 0 Å². The van der Waals surface area contributed by atoms with E-state index in [1.54, 1.807) is 7.11 Å². The van der Waals surface area contributed by atoms with Crippen LogP contribution < -0.4 is 14.8 Å². The van der Waals surface area contributed by atoms with Gasteiger partial charge in [-0.2, -0.15) is 0 Å². The first-order chi connectivity index (χ1) is 10.7. The van der Waals surface area contributed by atoms with Crippen LogP contribution in [0.5, 0.6) is 11.5 Å². The van der Waals surface area contributed by atoms with Crippen LogP contribution in [-0.2, 0) is 6.54 Å². The first-order valence-corrected chi connectivity index (χ1v) is 8.68. The van der Waals surface area contributed by atoms with Gasteiger partial charge in [0.2, 0.25) is 0 Å². The zero-order chi connectivity index (χ0) is 16.2. The molecule has 3 nitrogen and oxygen atoms in total. The molecule has 0 aliphatic rings. The van der Waals surface area contributed by atoms with Gasteiger partial charge in [0.1, 0.15) is 0 Å². The molecule has 1 N–H and O–H groups in total. The Morgan fingerprint density at radius 3 is 2.64 bits per heavy atom. The molecule has 0 bridgehead atoms. The number of methoxy groups -OCH3 is 1. The van der Waals surface area contributed by atoms with Gasteiger partial charge in [0, 0.05) is 12.1 Å². The molecule has 0 amide bonds. The highest BCUT2D eigenvalue weighted by Crippen LogP contribution is 2.31. The first-order valence-electron chi connectivity index (χ1n) is 8.68. The molecule has 0 aliphatic carbocycles. The Morgan fingerprint density at radius 1 is 1.14 bits per heavy atom. The van der Waals surface area contributed by atoms with Crippen molar-refractivity contribution in [2.45, 2.75) is 59.4 Å². The molecular formula is C19H33NO2. The van der Waals surface area contributed by atoms with Crippen molar-refractivity contribution in [3.05, 3.63) is 23.8 Å². The van der Waals surface area contributed by atoms with Gasteiger partial charge in [0.25, 0.3) is 0 Å². The fraction of sp³-hybridized carbons (Fsp3) is 0.684. The third-order valence-corrected chi connectivity index (χ3v) is 3.74. The lowest BCUT2D eigenvalue weighted by molar-refractivity contribution is 0.269. The second-order valence-electron chi connectivity index (χ2n) is 6.22. The molecule has 0 radical (unpaired) electrons. The van der Waals surface area contributed by atoms with E-state index in [1.165, 1.54) is 31.2 Å². The highest BCUT2D eigenvalue weighted by Gasteiger charge is 2.10. The van der Waals surface area contributed by atoms with Crippen molar-refractivity contribution in [2.75, 3.05) is 20.3 Å². The number of ether oxygens (including phenoxy) is 2. The van der Waals surface area contributed by atoms with Gasteiger partial charge in [-0.15, -0.1) is 0 Å². The van der Waals surface area contributed by atoms with E-state index in [0.717, 1.165) is 37.6 Å². The van der Waals surface area contributed by atoms with Crippen molar-refractivity contribution in [3.63, 3.8) is 0 Å². The SMILES string of the molecule is CCCCCCNCc1cccc(OC)c1OCCC(C)C. The molecule has 1 aromatic carbocycles. The summed E-state index contributed by atoms with van der Waals surface area (Å²) in [5, 5.41) is 3.52. The lowest BCUT2D eigenvalue weighted by atomic mass is 10.1. The fourth-order valence-corrected chi connectivity index (χ4v) is 2.32. The van der Waals surface area contributed by atoms with Crippen LogP contribution in [0.4, 0.5) is 0 Å². The first kappa shape index (κ1) is 18.8. The van der Waals surface area contributed by atoms with Crippen molar-refractivity contribution in [1.82, 2.24) is 5.32 Å². The minimum atomic E-state index is 0.648. The summed E-state index contributed by atoms with van der Waals surface area (Å²) < 4.78 is 11.5. The highest BCUT2D eigenvalue weighted by atomic mass is 16.5. The zero-order valence-corrected chi connectivity index (χ0v) is 14.8. The van der Waals surface area contributed by atoms with Gasteiger partial charge >= 0.3 is 0 Å². The van der Waals surface area contributed by atoms with Crippen LogP contribution >= 0.6 is 0 Å². The minimum absolute atomic E-state index is 0.648. The highest BCUT2D eigenvalue weighted by molar-refractivity contribution is 5.46. The Balaban J connectivity index is 2.52. The van der Waals surface area contributed by atoms with Gasteiger partial charge in [-0.05, 0) is 31.4 Å². The molecule has 0 spiro atoms. The van der Waals surface area contributed by atoms with E-state index in [4.69, 9.17) is 9.47 Å². The van der Waals surface area contributed by atoms with E-state index < -0.39 is 0 Å². The van der Waals surface area contributed by atoms with E-state index in [2.05, 4.69) is 32.2 Å². The monoisotopic (exact) mass is 307 g/mol. The number of hydrogen-bond acceptors (Lipinski definition) is 3. The number of hydrogen-bond donors (Lipinski definition) is 1. The Morgan fingerprint density at radius 2 is 1.95 bits per heavy atom. The van der Waals surface area contributed by atoms with E-state index in [9.17, 15) is 0 Å². The van der Waals surface area contributed by atoms with Crippen molar-refractivity contribution >= 4 is 0 Å². The zero-order valence-electron chi connectivity index (χ0n) is 14.8. The van der Waals surface area contributed by atoms with Crippen LogP contribution in [0.2, 0.25) is 0 Å². The standard InChI is InChI=1S/C19H33NO2/c1-5-6-7-8-13-20-15-17-10-9-11-18(21-4)19(17)22-14-12-16(2)3/h9-11,16,20H,5-8,12-15H2,1-4H3. The molecule has 3 heteroatoms. The summed E-state index contributed by atoms with van der Waals surface area (Å²) in [7, 11) is 1.70. The molecule has 0 unspecified atom stereocenters. The van der Waals surface area contributed by atoms with Crippen molar-refractivity contribution in [2.24, 2.45) is 5.92 Å². The summed E-state index contributed by atoms with van der Waals surface area (Å²) in [4.78, 5) is 0. The maximum atomic E-state index is 6.00. The normalized spacial score (nSPS) is 11.0. The summed E-state index contributed by atoms with van der Waals surface area (Å²) in [6.45, 7) is 9.30. The maximum Gasteiger partial charge on any atom is 0.165 e. The van der Waals surface area contributed by atoms with Crippen molar-refractivity contribution in [3.8, 4) is 11.5 Å². The molecule has 1 aromatic rings. The second-order valence-corrected chi connectivity index (χ2v) is 6.22. The van der Waals surface area contributed by atoms with Crippen LogP contribution in [0, 0.1) is 5.92 Å². The number of benzene rings is 1. The number of para-hydroxylation sites is 1. The predicted octanol–water partition coefficient (Wildman–Crippen LogP) is 4.79. The van der Waals surface area contributed by atoms with Gasteiger partial charge in [-0.25, -0.2) is 0 Å². The predicted molar refractivity (Wildman–Crippen MR) is 93.8 cm³/mol. The average molecular weight is 307 g/mol. The van der Waals surface area contributed by atoms with Gasteiger partial charge in [0.15, 0.2) is 11.5 Å². The van der Waals surface area contributed by atoms with E-state index >= 15 is 0 Å². The van der Waals surface area contributed by atoms with E-state index in [0.29, 0.717) is 5.92 Å². The topological polar surface area (TPSA) is 30.5 Å². The summed E-state index contributed by atoms with van der Waals surface area (Å²) in [5.41, 5.74) is 1.18. The average Bonchev–Trinajstić information content (AvgIpc) is 2.51. The number of nitrogens with one attached hydrogen (secondary N) is 1. The number of unbranched alkanes of at least 4 members (excludes halogenated alkanes) is 3. The lowest BCUT2D eigenvalue weighted by Gasteiger charge is -2.16. The van der Waals surface area contributed by atoms with Crippen LogP contribution in [0.15, 0.2) is 18.2 Å².